The summed E-state index contributed by atoms with van der Waals surface area (Å²) in [7, 11) is -2.27. The third-order valence-corrected chi connectivity index (χ3v) is 5.81. The molecular formula is C14H22N4O4S. The third kappa shape index (κ3) is 3.86. The fraction of sp³-hybridized carbons (Fsp3) is 0.571. The molecule has 0 bridgehead atoms. The summed E-state index contributed by atoms with van der Waals surface area (Å²) < 4.78 is 31.8. The zero-order valence-corrected chi connectivity index (χ0v) is 14.2. The number of hydrogen-bond donors (Lipinski definition) is 2. The first-order chi connectivity index (χ1) is 10.9. The summed E-state index contributed by atoms with van der Waals surface area (Å²) in [5.41, 5.74) is 6.29. The minimum Gasteiger partial charge on any atom is -0.466 e. The minimum atomic E-state index is -3.75. The summed E-state index contributed by atoms with van der Waals surface area (Å²) in [6.07, 6.45) is 3.23. The molecule has 3 unspecified atom stereocenters. The van der Waals surface area contributed by atoms with Gasteiger partial charge >= 0.3 is 5.97 Å². The number of esters is 1. The Balaban J connectivity index is 2.18. The van der Waals surface area contributed by atoms with Crippen molar-refractivity contribution in [2.24, 2.45) is 5.92 Å². The van der Waals surface area contributed by atoms with Crippen LogP contribution >= 0.6 is 0 Å². The molecule has 1 aromatic rings. The van der Waals surface area contributed by atoms with Crippen molar-refractivity contribution < 1.29 is 17.9 Å². The molecule has 2 rings (SSSR count). The van der Waals surface area contributed by atoms with Crippen LogP contribution in [0.2, 0.25) is 0 Å². The van der Waals surface area contributed by atoms with Gasteiger partial charge in [0.1, 0.15) is 5.92 Å². The summed E-state index contributed by atoms with van der Waals surface area (Å²) >= 11 is 0. The number of nitrogens with one attached hydrogen (secondary N) is 2. The van der Waals surface area contributed by atoms with Gasteiger partial charge in [0.15, 0.2) is 5.37 Å². The highest BCUT2D eigenvalue weighted by Crippen LogP contribution is 2.24. The Labute approximate surface area is 136 Å². The quantitative estimate of drug-likeness (QED) is 0.693. The van der Waals surface area contributed by atoms with Crippen molar-refractivity contribution in [3.63, 3.8) is 0 Å². The van der Waals surface area contributed by atoms with Crippen LogP contribution in [0.1, 0.15) is 19.4 Å². The van der Waals surface area contributed by atoms with E-state index >= 15 is 0 Å². The molecule has 1 aliphatic heterocycles. The lowest BCUT2D eigenvalue weighted by Gasteiger charge is -2.25. The van der Waals surface area contributed by atoms with Crippen molar-refractivity contribution in [3.05, 3.63) is 30.1 Å². The highest BCUT2D eigenvalue weighted by atomic mass is 32.2. The molecular weight excluding hydrogens is 320 g/mol. The van der Waals surface area contributed by atoms with Gasteiger partial charge in [-0.3, -0.25) is 15.2 Å². The molecule has 128 valence electrons. The number of nitrogens with zero attached hydrogens (tertiary/aromatic N) is 2. The summed E-state index contributed by atoms with van der Waals surface area (Å²) in [5.74, 6) is -1.34. The van der Waals surface area contributed by atoms with Crippen molar-refractivity contribution in [2.45, 2.75) is 31.8 Å². The lowest BCUT2D eigenvalue weighted by molar-refractivity contribution is -0.148. The molecule has 0 amide bonds. The van der Waals surface area contributed by atoms with E-state index in [1.54, 1.807) is 38.4 Å². The van der Waals surface area contributed by atoms with Crippen LogP contribution in [0.25, 0.3) is 0 Å². The van der Waals surface area contributed by atoms with Gasteiger partial charge in [0, 0.05) is 32.0 Å². The van der Waals surface area contributed by atoms with Gasteiger partial charge in [0.05, 0.1) is 6.61 Å². The minimum absolute atomic E-state index is 0.179. The Bertz CT molecular complexity index is 637. The van der Waals surface area contributed by atoms with Gasteiger partial charge in [-0.15, -0.1) is 0 Å². The Morgan fingerprint density at radius 1 is 1.43 bits per heavy atom. The number of pyridine rings is 1. The third-order valence-electron chi connectivity index (χ3n) is 3.76. The number of carbonyl (C=O) groups is 1. The maximum absolute atomic E-state index is 12.8. The van der Waals surface area contributed by atoms with Gasteiger partial charge in [-0.25, -0.2) is 13.8 Å². The van der Waals surface area contributed by atoms with Gasteiger partial charge < -0.3 is 4.74 Å². The smallest absolute Gasteiger partial charge is 0.313 e. The molecule has 0 aliphatic carbocycles. The van der Waals surface area contributed by atoms with Crippen LogP contribution in [0.3, 0.4) is 0 Å². The van der Waals surface area contributed by atoms with Gasteiger partial charge in [-0.05, 0) is 25.5 Å². The Morgan fingerprint density at radius 3 is 2.78 bits per heavy atom. The van der Waals surface area contributed by atoms with E-state index in [2.05, 4.69) is 15.8 Å². The van der Waals surface area contributed by atoms with Crippen molar-refractivity contribution in [3.8, 4) is 0 Å². The van der Waals surface area contributed by atoms with E-state index in [1.165, 1.54) is 11.4 Å². The lowest BCUT2D eigenvalue weighted by atomic mass is 10.0. The Hall–Kier alpha value is -1.55. The normalized spacial score (nSPS) is 24.8. The average molecular weight is 342 g/mol. The second-order valence-corrected chi connectivity index (χ2v) is 7.60. The largest absolute Gasteiger partial charge is 0.466 e. The molecule has 9 heteroatoms. The molecule has 0 aromatic carbocycles. The number of ether oxygens (including phenoxy) is 1. The Morgan fingerprint density at radius 2 is 2.17 bits per heavy atom. The predicted octanol–water partition coefficient (Wildman–Crippen LogP) is -0.155. The first kappa shape index (κ1) is 17.8. The molecule has 0 radical (unpaired) electrons. The summed E-state index contributed by atoms with van der Waals surface area (Å²) in [6.45, 7) is 3.82. The van der Waals surface area contributed by atoms with Crippen LogP contribution in [0.4, 0.5) is 0 Å². The van der Waals surface area contributed by atoms with Gasteiger partial charge in [-0.1, -0.05) is 6.07 Å². The molecule has 1 saturated heterocycles. The zero-order chi connectivity index (χ0) is 17.0. The average Bonchev–Trinajstić information content (AvgIpc) is 2.91. The predicted molar refractivity (Wildman–Crippen MR) is 84.3 cm³/mol. The van der Waals surface area contributed by atoms with Gasteiger partial charge in [-0.2, -0.15) is 4.31 Å². The van der Waals surface area contributed by atoms with Crippen LogP contribution in [-0.4, -0.2) is 48.7 Å². The topological polar surface area (TPSA) is 101 Å². The van der Waals surface area contributed by atoms with Crippen molar-refractivity contribution >= 4 is 16.0 Å². The molecule has 0 spiro atoms. The number of hydrazine groups is 1. The second-order valence-electron chi connectivity index (χ2n) is 5.44. The highest BCUT2D eigenvalue weighted by molar-refractivity contribution is 7.89. The molecule has 8 nitrogen and oxygen atoms in total. The van der Waals surface area contributed by atoms with Crippen molar-refractivity contribution in [1.29, 1.82) is 0 Å². The fourth-order valence-electron chi connectivity index (χ4n) is 2.51. The lowest BCUT2D eigenvalue weighted by Crippen LogP contribution is -2.47. The molecule has 1 aromatic heterocycles. The molecule has 3 atom stereocenters. The van der Waals surface area contributed by atoms with E-state index in [4.69, 9.17) is 4.74 Å². The van der Waals surface area contributed by atoms with Crippen molar-refractivity contribution in [1.82, 2.24) is 20.1 Å². The second kappa shape index (κ2) is 7.35. The number of rotatable bonds is 6. The SMILES string of the molecule is CCOC(=O)C1C(C)NNC1S(=O)(=O)N(C)Cc1cccnc1. The zero-order valence-electron chi connectivity index (χ0n) is 13.4. The van der Waals surface area contributed by atoms with E-state index in [1.807, 2.05) is 0 Å². The van der Waals surface area contributed by atoms with Crippen LogP contribution in [-0.2, 0) is 26.1 Å². The maximum atomic E-state index is 12.8. The summed E-state index contributed by atoms with van der Waals surface area (Å²) in [5, 5.41) is -1.07. The molecule has 23 heavy (non-hydrogen) atoms. The standard InChI is InChI=1S/C14H22N4O4S/c1-4-22-14(19)12-10(2)16-17-13(12)23(20,21)18(3)9-11-6-5-7-15-8-11/h5-8,10,12-13,16-17H,4,9H2,1-3H3. The van der Waals surface area contributed by atoms with Gasteiger partial charge in [0.25, 0.3) is 0 Å². The van der Waals surface area contributed by atoms with E-state index in [9.17, 15) is 13.2 Å². The van der Waals surface area contributed by atoms with Gasteiger partial charge in [0.2, 0.25) is 10.0 Å². The highest BCUT2D eigenvalue weighted by Gasteiger charge is 2.48. The molecule has 2 heterocycles. The fourth-order valence-corrected chi connectivity index (χ4v) is 4.16. The van der Waals surface area contributed by atoms with Crippen molar-refractivity contribution in [2.75, 3.05) is 13.7 Å². The Kier molecular flexibility index (Phi) is 5.69. The number of aromatic nitrogens is 1. The molecule has 0 saturated carbocycles. The van der Waals surface area contributed by atoms with Crippen LogP contribution in [0.5, 0.6) is 0 Å². The van der Waals surface area contributed by atoms with E-state index in [-0.39, 0.29) is 19.2 Å². The van der Waals surface area contributed by atoms with E-state index in [0.29, 0.717) is 0 Å². The molecule has 1 aliphatic rings. The number of carbonyl (C=O) groups excluding carboxylic acids is 1. The number of sulfonamides is 1. The monoisotopic (exact) mass is 342 g/mol. The van der Waals surface area contributed by atoms with Crippen LogP contribution < -0.4 is 10.9 Å². The number of hydrogen-bond acceptors (Lipinski definition) is 7. The van der Waals surface area contributed by atoms with Crippen LogP contribution in [0, 0.1) is 5.92 Å². The van der Waals surface area contributed by atoms with E-state index < -0.39 is 27.3 Å². The first-order valence-corrected chi connectivity index (χ1v) is 8.90. The molecule has 1 fully saturated rings. The summed E-state index contributed by atoms with van der Waals surface area (Å²) in [4.78, 5) is 16.1. The first-order valence-electron chi connectivity index (χ1n) is 7.39. The maximum Gasteiger partial charge on any atom is 0.313 e. The van der Waals surface area contributed by atoms with E-state index in [0.717, 1.165) is 5.56 Å². The van der Waals surface area contributed by atoms with Crippen LogP contribution in [0.15, 0.2) is 24.5 Å². The molecule has 2 N–H and O–H groups in total. The summed E-state index contributed by atoms with van der Waals surface area (Å²) in [6, 6.07) is 3.19.